The smallest absolute Gasteiger partial charge is 0.264 e. The zero-order valence-electron chi connectivity index (χ0n) is 12.4. The number of nitrogens with zero attached hydrogens (tertiary/aromatic N) is 1. The highest BCUT2D eigenvalue weighted by molar-refractivity contribution is 6.04. The first kappa shape index (κ1) is 15.9. The van der Waals surface area contributed by atoms with E-state index in [2.05, 4.69) is 15.8 Å². The molecule has 0 radical (unpaired) electrons. The number of oxime groups is 1. The molecule has 1 aliphatic rings. The molecule has 0 fully saturated rings. The van der Waals surface area contributed by atoms with Crippen LogP contribution in [0.3, 0.4) is 0 Å². The Labute approximate surface area is 127 Å². The summed E-state index contributed by atoms with van der Waals surface area (Å²) in [5.74, 6) is -1.01. The molecule has 1 atom stereocenters. The first-order valence-electron chi connectivity index (χ1n) is 7.01. The molecule has 1 aliphatic heterocycles. The van der Waals surface area contributed by atoms with Gasteiger partial charge >= 0.3 is 0 Å². The highest BCUT2D eigenvalue weighted by atomic mass is 19.1. The van der Waals surface area contributed by atoms with Gasteiger partial charge in [-0.2, -0.15) is 0 Å². The second-order valence-corrected chi connectivity index (χ2v) is 5.28. The minimum Gasteiger partial charge on any atom is -0.382 e. The van der Waals surface area contributed by atoms with E-state index in [9.17, 15) is 14.0 Å². The molecule has 7 heteroatoms. The predicted octanol–water partition coefficient (Wildman–Crippen LogP) is 0.959. The van der Waals surface area contributed by atoms with Crippen LogP contribution in [0.5, 0.6) is 0 Å². The van der Waals surface area contributed by atoms with Crippen LogP contribution in [0, 0.1) is 5.82 Å². The zero-order chi connectivity index (χ0) is 16.1. The molecule has 2 N–H and O–H groups in total. The SMILES string of the molecule is CC(C)NC(=O)CNC(=O)[C@H]1CC(c2ccc(F)cc2)=NO1. The predicted molar refractivity (Wildman–Crippen MR) is 78.7 cm³/mol. The van der Waals surface area contributed by atoms with E-state index in [1.807, 2.05) is 13.8 Å². The van der Waals surface area contributed by atoms with Gasteiger partial charge in [0.2, 0.25) is 12.0 Å². The van der Waals surface area contributed by atoms with Crippen LogP contribution in [0.4, 0.5) is 4.39 Å². The number of carbonyl (C=O) groups excluding carboxylic acids is 2. The van der Waals surface area contributed by atoms with Gasteiger partial charge in [0, 0.05) is 12.5 Å². The van der Waals surface area contributed by atoms with Gasteiger partial charge in [-0.1, -0.05) is 17.3 Å². The average molecular weight is 307 g/mol. The van der Waals surface area contributed by atoms with Gasteiger partial charge < -0.3 is 15.5 Å². The fourth-order valence-electron chi connectivity index (χ4n) is 1.99. The van der Waals surface area contributed by atoms with Crippen LogP contribution < -0.4 is 10.6 Å². The summed E-state index contributed by atoms with van der Waals surface area (Å²) in [5, 5.41) is 9.02. The molecule has 22 heavy (non-hydrogen) atoms. The minimum atomic E-state index is -0.771. The molecule has 0 saturated carbocycles. The standard InChI is InChI=1S/C15H18FN3O3/c1-9(2)18-14(20)8-17-15(21)13-7-12(19-22-13)10-3-5-11(16)6-4-10/h3-6,9,13H,7-8H2,1-2H3,(H,17,21)(H,18,20)/t13-/m1/s1. The molecule has 0 unspecified atom stereocenters. The summed E-state index contributed by atoms with van der Waals surface area (Å²) in [5.41, 5.74) is 1.28. The van der Waals surface area contributed by atoms with E-state index in [-0.39, 0.29) is 30.7 Å². The summed E-state index contributed by atoms with van der Waals surface area (Å²) in [6.45, 7) is 3.56. The van der Waals surface area contributed by atoms with E-state index >= 15 is 0 Å². The lowest BCUT2D eigenvalue weighted by Crippen LogP contribution is -2.43. The molecule has 1 heterocycles. The number of nitrogens with one attached hydrogen (secondary N) is 2. The Morgan fingerprint density at radius 3 is 2.68 bits per heavy atom. The van der Waals surface area contributed by atoms with Crippen LogP contribution in [-0.2, 0) is 14.4 Å². The third-order valence-corrected chi connectivity index (χ3v) is 3.01. The lowest BCUT2D eigenvalue weighted by Gasteiger charge is -2.11. The number of carbonyl (C=O) groups is 2. The van der Waals surface area contributed by atoms with Crippen molar-refractivity contribution in [2.24, 2.45) is 5.16 Å². The number of benzene rings is 1. The monoisotopic (exact) mass is 307 g/mol. The molecular weight excluding hydrogens is 289 g/mol. The van der Waals surface area contributed by atoms with Crippen molar-refractivity contribution in [3.05, 3.63) is 35.6 Å². The third-order valence-electron chi connectivity index (χ3n) is 3.01. The Kier molecular flexibility index (Phi) is 5.08. The lowest BCUT2D eigenvalue weighted by atomic mass is 10.0. The van der Waals surface area contributed by atoms with Crippen LogP contribution in [-0.4, -0.2) is 36.2 Å². The van der Waals surface area contributed by atoms with Crippen LogP contribution in [0.25, 0.3) is 0 Å². The maximum Gasteiger partial charge on any atom is 0.264 e. The summed E-state index contributed by atoms with van der Waals surface area (Å²) >= 11 is 0. The molecule has 6 nitrogen and oxygen atoms in total. The Morgan fingerprint density at radius 2 is 2.05 bits per heavy atom. The van der Waals surface area contributed by atoms with Crippen LogP contribution in [0.2, 0.25) is 0 Å². The molecule has 0 spiro atoms. The molecule has 0 bridgehead atoms. The fraction of sp³-hybridized carbons (Fsp3) is 0.400. The quantitative estimate of drug-likeness (QED) is 0.850. The Morgan fingerprint density at radius 1 is 1.36 bits per heavy atom. The molecule has 0 aliphatic carbocycles. The van der Waals surface area contributed by atoms with E-state index in [0.29, 0.717) is 11.3 Å². The minimum absolute atomic E-state index is 0.0144. The van der Waals surface area contributed by atoms with E-state index in [4.69, 9.17) is 4.84 Å². The summed E-state index contributed by atoms with van der Waals surface area (Å²) in [4.78, 5) is 28.5. The van der Waals surface area contributed by atoms with Crippen molar-refractivity contribution < 1.29 is 18.8 Å². The first-order valence-corrected chi connectivity index (χ1v) is 7.01. The van der Waals surface area contributed by atoms with Gasteiger partial charge in [0.15, 0.2) is 0 Å². The highest BCUT2D eigenvalue weighted by Gasteiger charge is 2.29. The van der Waals surface area contributed by atoms with Gasteiger partial charge in [0.05, 0.1) is 12.3 Å². The van der Waals surface area contributed by atoms with Crippen molar-refractivity contribution in [1.82, 2.24) is 10.6 Å². The van der Waals surface area contributed by atoms with E-state index in [1.165, 1.54) is 12.1 Å². The van der Waals surface area contributed by atoms with Crippen molar-refractivity contribution in [1.29, 1.82) is 0 Å². The first-order chi connectivity index (χ1) is 10.5. The van der Waals surface area contributed by atoms with Crippen LogP contribution in [0.1, 0.15) is 25.8 Å². The van der Waals surface area contributed by atoms with E-state index in [0.717, 1.165) is 0 Å². The molecule has 118 valence electrons. The highest BCUT2D eigenvalue weighted by Crippen LogP contribution is 2.17. The van der Waals surface area contributed by atoms with Crippen molar-refractivity contribution in [2.45, 2.75) is 32.4 Å². The van der Waals surface area contributed by atoms with Gasteiger partial charge in [-0.3, -0.25) is 9.59 Å². The molecular formula is C15H18FN3O3. The van der Waals surface area contributed by atoms with Gasteiger partial charge in [-0.05, 0) is 31.5 Å². The Bertz CT molecular complexity index is 584. The second kappa shape index (κ2) is 7.02. The van der Waals surface area contributed by atoms with E-state index < -0.39 is 12.0 Å². The zero-order valence-corrected chi connectivity index (χ0v) is 12.4. The summed E-state index contributed by atoms with van der Waals surface area (Å²) in [6.07, 6.45) is -0.490. The topological polar surface area (TPSA) is 79.8 Å². The van der Waals surface area contributed by atoms with Crippen LogP contribution in [0.15, 0.2) is 29.4 Å². The van der Waals surface area contributed by atoms with Gasteiger partial charge in [-0.25, -0.2) is 4.39 Å². The Hall–Kier alpha value is -2.44. The summed E-state index contributed by atoms with van der Waals surface area (Å²) < 4.78 is 12.9. The van der Waals surface area contributed by atoms with Crippen LogP contribution >= 0.6 is 0 Å². The maximum atomic E-state index is 12.9. The average Bonchev–Trinajstić information content (AvgIpc) is 2.94. The van der Waals surface area contributed by atoms with Crippen molar-refractivity contribution in [3.8, 4) is 0 Å². The lowest BCUT2D eigenvalue weighted by molar-refractivity contribution is -0.133. The molecule has 2 amide bonds. The molecule has 0 saturated heterocycles. The van der Waals surface area contributed by atoms with Crippen molar-refractivity contribution in [3.63, 3.8) is 0 Å². The van der Waals surface area contributed by atoms with Gasteiger partial charge in [-0.15, -0.1) is 0 Å². The fourth-order valence-corrected chi connectivity index (χ4v) is 1.99. The van der Waals surface area contributed by atoms with Gasteiger partial charge in [0.25, 0.3) is 5.91 Å². The normalized spacial score (nSPS) is 16.9. The number of rotatable bonds is 5. The largest absolute Gasteiger partial charge is 0.382 e. The molecule has 0 aromatic heterocycles. The van der Waals surface area contributed by atoms with E-state index in [1.54, 1.807) is 12.1 Å². The molecule has 1 aromatic carbocycles. The Balaban J connectivity index is 1.82. The number of halogens is 1. The van der Waals surface area contributed by atoms with Crippen molar-refractivity contribution in [2.75, 3.05) is 6.54 Å². The van der Waals surface area contributed by atoms with Gasteiger partial charge in [0.1, 0.15) is 5.82 Å². The maximum absolute atomic E-state index is 12.9. The molecule has 2 rings (SSSR count). The summed E-state index contributed by atoms with van der Waals surface area (Å²) in [6, 6.07) is 5.81. The second-order valence-electron chi connectivity index (χ2n) is 5.28. The number of hydrogen-bond acceptors (Lipinski definition) is 4. The number of amides is 2. The molecule has 1 aromatic rings. The van der Waals surface area contributed by atoms with Crippen molar-refractivity contribution >= 4 is 17.5 Å². The number of hydrogen-bond donors (Lipinski definition) is 2. The summed E-state index contributed by atoms with van der Waals surface area (Å²) in [7, 11) is 0. The third kappa shape index (κ3) is 4.28.